The zero-order chi connectivity index (χ0) is 11.0. The van der Waals surface area contributed by atoms with Crippen molar-refractivity contribution in [3.05, 3.63) is 29.3 Å². The highest BCUT2D eigenvalue weighted by molar-refractivity contribution is 9.09. The highest BCUT2D eigenvalue weighted by atomic mass is 79.9. The van der Waals surface area contributed by atoms with Gasteiger partial charge >= 0.3 is 0 Å². The number of benzene rings is 1. The maximum absolute atomic E-state index is 11.4. The minimum absolute atomic E-state index is 0.00607. The van der Waals surface area contributed by atoms with Gasteiger partial charge in [0, 0.05) is 11.3 Å². The summed E-state index contributed by atoms with van der Waals surface area (Å²) in [6, 6.07) is 5.31. The fraction of sp³-hybridized carbons (Fsp3) is 0.273. The number of carbonyl (C=O) groups excluding carboxylic acids is 2. The molecule has 1 atom stereocenters. The Labute approximate surface area is 96.0 Å². The lowest BCUT2D eigenvalue weighted by Gasteiger charge is -2.03. The molecule has 0 radical (unpaired) electrons. The first-order chi connectivity index (χ1) is 7.13. The van der Waals surface area contributed by atoms with Crippen LogP contribution in [0.5, 0.6) is 0 Å². The topological polar surface area (TPSA) is 46.2 Å². The van der Waals surface area contributed by atoms with Crippen LogP contribution in [0.15, 0.2) is 18.2 Å². The summed E-state index contributed by atoms with van der Waals surface area (Å²) in [6.45, 7) is 1.84. The number of carbonyl (C=O) groups is 2. The fourth-order valence-electron chi connectivity index (χ4n) is 1.67. The number of hydrogen-bond acceptors (Lipinski definition) is 2. The van der Waals surface area contributed by atoms with Gasteiger partial charge in [0.25, 0.3) is 0 Å². The van der Waals surface area contributed by atoms with Crippen LogP contribution in [0, 0.1) is 0 Å². The number of amides is 1. The molecule has 1 aliphatic rings. The van der Waals surface area contributed by atoms with E-state index < -0.39 is 0 Å². The largest absolute Gasteiger partial charge is 0.325 e. The molecule has 0 bridgehead atoms. The minimum Gasteiger partial charge on any atom is -0.325 e. The van der Waals surface area contributed by atoms with Gasteiger partial charge in [-0.3, -0.25) is 9.59 Å². The number of hydrogen-bond donors (Lipinski definition) is 1. The van der Waals surface area contributed by atoms with Crippen molar-refractivity contribution in [2.75, 3.05) is 10.6 Å². The van der Waals surface area contributed by atoms with E-state index in [1.165, 1.54) is 0 Å². The summed E-state index contributed by atoms with van der Waals surface area (Å²) in [4.78, 5) is 22.8. The number of rotatable bonds is 2. The van der Waals surface area contributed by atoms with Crippen LogP contribution in [0.2, 0.25) is 0 Å². The molecule has 4 heteroatoms. The lowest BCUT2D eigenvalue weighted by atomic mass is 9.99. The minimum atomic E-state index is -0.164. The first-order valence-corrected chi connectivity index (χ1v) is 5.79. The highest BCUT2D eigenvalue weighted by Crippen LogP contribution is 2.32. The monoisotopic (exact) mass is 267 g/mol. The second-order valence-electron chi connectivity index (χ2n) is 3.57. The van der Waals surface area contributed by atoms with Gasteiger partial charge < -0.3 is 5.32 Å². The number of ketones is 1. The van der Waals surface area contributed by atoms with Gasteiger partial charge in [-0.1, -0.05) is 15.9 Å². The molecular weight excluding hydrogens is 258 g/mol. The molecule has 1 amide bonds. The lowest BCUT2D eigenvalue weighted by Crippen LogP contribution is -2.08. The Balaban J connectivity index is 2.44. The van der Waals surface area contributed by atoms with Crippen LogP contribution in [-0.2, 0) is 4.79 Å². The molecular formula is C11H10BrNO2. The maximum Gasteiger partial charge on any atom is 0.231 e. The van der Waals surface area contributed by atoms with E-state index in [1.54, 1.807) is 18.2 Å². The number of halogens is 1. The predicted octanol–water partition coefficient (Wildman–Crippen LogP) is 2.32. The van der Waals surface area contributed by atoms with E-state index in [4.69, 9.17) is 0 Å². The van der Waals surface area contributed by atoms with Gasteiger partial charge in [0.2, 0.25) is 5.91 Å². The Bertz CT molecular complexity index is 442. The van der Waals surface area contributed by atoms with E-state index >= 15 is 0 Å². The van der Waals surface area contributed by atoms with Crippen molar-refractivity contribution >= 4 is 33.3 Å². The van der Waals surface area contributed by atoms with E-state index in [0.717, 1.165) is 11.3 Å². The second kappa shape index (κ2) is 3.77. The Morgan fingerprint density at radius 2 is 2.27 bits per heavy atom. The molecule has 1 N–H and O–H groups in total. The number of anilines is 1. The molecule has 0 aliphatic carbocycles. The van der Waals surface area contributed by atoms with Crippen molar-refractivity contribution in [1.82, 2.24) is 0 Å². The number of Topliss-reactive ketones (excluding diaryl/α,β-unsaturated/α-hetero) is 1. The van der Waals surface area contributed by atoms with Crippen LogP contribution >= 0.6 is 15.9 Å². The van der Waals surface area contributed by atoms with E-state index in [0.29, 0.717) is 10.9 Å². The van der Waals surface area contributed by atoms with Crippen LogP contribution in [-0.4, -0.2) is 17.0 Å². The van der Waals surface area contributed by atoms with Crippen molar-refractivity contribution in [1.29, 1.82) is 0 Å². The number of fused-ring (bicyclic) bond motifs is 1. The molecule has 2 rings (SSSR count). The Hall–Kier alpha value is -1.16. The van der Waals surface area contributed by atoms with Crippen LogP contribution < -0.4 is 5.32 Å². The average Bonchev–Trinajstić information content (AvgIpc) is 2.54. The molecule has 1 heterocycles. The maximum atomic E-state index is 11.4. The number of alkyl halides is 1. The van der Waals surface area contributed by atoms with Crippen LogP contribution in [0.3, 0.4) is 0 Å². The smallest absolute Gasteiger partial charge is 0.231 e. The molecule has 3 nitrogen and oxygen atoms in total. The SMILES string of the molecule is CC1C(=O)Nc2ccc(C(=O)CBr)cc21. The summed E-state index contributed by atoms with van der Waals surface area (Å²) in [5.41, 5.74) is 2.37. The molecule has 0 saturated heterocycles. The first kappa shape index (κ1) is 10.4. The van der Waals surface area contributed by atoms with Gasteiger partial charge in [0.15, 0.2) is 5.78 Å². The van der Waals surface area contributed by atoms with Crippen LogP contribution in [0.4, 0.5) is 5.69 Å². The van der Waals surface area contributed by atoms with E-state index in [9.17, 15) is 9.59 Å². The molecule has 1 aliphatic heterocycles. The normalized spacial score (nSPS) is 18.5. The Morgan fingerprint density at radius 3 is 2.93 bits per heavy atom. The third-order valence-electron chi connectivity index (χ3n) is 2.61. The molecule has 15 heavy (non-hydrogen) atoms. The molecule has 1 aromatic carbocycles. The third kappa shape index (κ3) is 1.69. The average molecular weight is 268 g/mol. The third-order valence-corrected chi connectivity index (χ3v) is 3.12. The summed E-state index contributed by atoms with van der Waals surface area (Å²) in [5.74, 6) is -0.138. The molecule has 0 spiro atoms. The summed E-state index contributed by atoms with van der Waals surface area (Å²) in [5, 5.41) is 3.08. The van der Waals surface area contributed by atoms with Gasteiger partial charge in [-0.05, 0) is 30.7 Å². The predicted molar refractivity (Wildman–Crippen MR) is 61.6 cm³/mol. The van der Waals surface area contributed by atoms with Crippen molar-refractivity contribution in [3.63, 3.8) is 0 Å². The van der Waals surface area contributed by atoms with Crippen LogP contribution in [0.1, 0.15) is 28.8 Å². The van der Waals surface area contributed by atoms with Gasteiger partial charge in [-0.15, -0.1) is 0 Å². The Kier molecular flexibility index (Phi) is 2.61. The number of nitrogens with one attached hydrogen (secondary N) is 1. The van der Waals surface area contributed by atoms with Crippen molar-refractivity contribution in [3.8, 4) is 0 Å². The van der Waals surface area contributed by atoms with Gasteiger partial charge in [0.1, 0.15) is 0 Å². The van der Waals surface area contributed by atoms with Crippen molar-refractivity contribution in [2.45, 2.75) is 12.8 Å². The molecule has 0 saturated carbocycles. The summed E-state index contributed by atoms with van der Waals surface area (Å²) in [7, 11) is 0. The second-order valence-corrected chi connectivity index (χ2v) is 4.13. The standard InChI is InChI=1S/C11H10BrNO2/c1-6-8-4-7(10(14)5-12)2-3-9(8)13-11(6)15/h2-4,6H,5H2,1H3,(H,13,15). The van der Waals surface area contributed by atoms with Gasteiger partial charge in [0.05, 0.1) is 11.2 Å². The zero-order valence-electron chi connectivity index (χ0n) is 8.21. The summed E-state index contributed by atoms with van der Waals surface area (Å²) >= 11 is 3.13. The van der Waals surface area contributed by atoms with E-state index in [-0.39, 0.29) is 17.6 Å². The lowest BCUT2D eigenvalue weighted by molar-refractivity contribution is -0.116. The summed E-state index contributed by atoms with van der Waals surface area (Å²) in [6.07, 6.45) is 0. The Morgan fingerprint density at radius 1 is 1.53 bits per heavy atom. The highest BCUT2D eigenvalue weighted by Gasteiger charge is 2.26. The first-order valence-electron chi connectivity index (χ1n) is 4.67. The van der Waals surface area contributed by atoms with Crippen molar-refractivity contribution < 1.29 is 9.59 Å². The van der Waals surface area contributed by atoms with Crippen molar-refractivity contribution in [2.24, 2.45) is 0 Å². The van der Waals surface area contributed by atoms with E-state index in [1.807, 2.05) is 6.92 Å². The van der Waals surface area contributed by atoms with Gasteiger partial charge in [-0.25, -0.2) is 0 Å². The quantitative estimate of drug-likeness (QED) is 0.661. The molecule has 1 unspecified atom stereocenters. The van der Waals surface area contributed by atoms with Gasteiger partial charge in [-0.2, -0.15) is 0 Å². The molecule has 78 valence electrons. The molecule has 0 fully saturated rings. The fourth-order valence-corrected chi connectivity index (χ4v) is 1.99. The summed E-state index contributed by atoms with van der Waals surface area (Å²) < 4.78 is 0. The molecule has 0 aromatic heterocycles. The van der Waals surface area contributed by atoms with Crippen LogP contribution in [0.25, 0.3) is 0 Å². The van der Waals surface area contributed by atoms with E-state index in [2.05, 4.69) is 21.2 Å². The zero-order valence-corrected chi connectivity index (χ0v) is 9.80. The molecule has 1 aromatic rings.